The average Bonchev–Trinajstić information content (AvgIpc) is 2.28. The fourth-order valence-corrected chi connectivity index (χ4v) is 12.0. The van der Waals surface area contributed by atoms with Gasteiger partial charge in [-0.15, -0.1) is 0 Å². The summed E-state index contributed by atoms with van der Waals surface area (Å²) in [5, 5.41) is 15.6. The Morgan fingerprint density at radius 1 is 0.247 bits per heavy atom. The summed E-state index contributed by atoms with van der Waals surface area (Å²) in [6.07, 6.45) is 0. The molecule has 0 radical (unpaired) electrons. The minimum atomic E-state index is -0.712. The van der Waals surface area contributed by atoms with Crippen molar-refractivity contribution in [2.75, 3.05) is 27.2 Å². The molecule has 0 atom stereocenters. The van der Waals surface area contributed by atoms with Gasteiger partial charge < -0.3 is 47.4 Å². The van der Waals surface area contributed by atoms with E-state index < -0.39 is 11.9 Å². The molecule has 0 bridgehead atoms. The highest BCUT2D eigenvalue weighted by Crippen LogP contribution is 2.40. The van der Waals surface area contributed by atoms with Crippen LogP contribution in [0.3, 0.4) is 0 Å². The van der Waals surface area contributed by atoms with Crippen LogP contribution in [0, 0.1) is 6.92 Å². The number of carbonyl (C=O) groups is 2. The summed E-state index contributed by atoms with van der Waals surface area (Å²) < 4.78 is 63.0. The van der Waals surface area contributed by atoms with Gasteiger partial charge in [-0.2, -0.15) is 0 Å². The van der Waals surface area contributed by atoms with Crippen molar-refractivity contribution in [2.45, 2.75) is 6.92 Å². The molecule has 12 nitrogen and oxygen atoms in total. The molecule has 0 aliphatic heterocycles. The van der Waals surface area contributed by atoms with E-state index in [1.165, 1.54) is 0 Å². The molecule has 15 aromatic carbocycles. The minimum Gasteiger partial charge on any atom is -0.457 e. The molecular formula is C81H56O12. The lowest BCUT2D eigenvalue weighted by atomic mass is 10.0. The van der Waals surface area contributed by atoms with E-state index in [1.54, 1.807) is 61.5 Å². The van der Waals surface area contributed by atoms with E-state index in [0.29, 0.717) is 28.6 Å². The van der Waals surface area contributed by atoms with Crippen molar-refractivity contribution in [3.63, 3.8) is 0 Å². The van der Waals surface area contributed by atoms with Crippen molar-refractivity contribution < 1.29 is 57.0 Å². The van der Waals surface area contributed by atoms with Gasteiger partial charge in [0.2, 0.25) is 27.2 Å². The van der Waals surface area contributed by atoms with E-state index in [2.05, 4.69) is 24.3 Å². The molecule has 93 heavy (non-hydrogen) atoms. The minimum absolute atomic E-state index is 0.119. The molecule has 452 valence electrons. The van der Waals surface area contributed by atoms with Gasteiger partial charge in [-0.1, -0.05) is 194 Å². The normalized spacial score (nSPS) is 11.3. The number of benzene rings is 15. The Balaban J connectivity index is 0.678. The van der Waals surface area contributed by atoms with Crippen LogP contribution in [-0.2, 0) is 0 Å². The Hall–Kier alpha value is -12.3. The molecule has 0 N–H and O–H groups in total. The molecule has 0 unspecified atom stereocenters. The number of hydrogen-bond donors (Lipinski definition) is 0. The molecule has 15 rings (SSSR count). The quantitative estimate of drug-likeness (QED) is 0.0312. The fourth-order valence-electron chi connectivity index (χ4n) is 12.0. The number of aryl methyl sites for hydroxylation is 1. The maximum absolute atomic E-state index is 14.4. The molecule has 0 saturated carbocycles. The first-order chi connectivity index (χ1) is 45.8. The summed E-state index contributed by atoms with van der Waals surface area (Å²) in [6, 6.07) is 86.9. The molecule has 0 spiro atoms. The number of rotatable bonds is 20. The zero-order valence-electron chi connectivity index (χ0n) is 50.2. The van der Waals surface area contributed by atoms with Crippen molar-refractivity contribution >= 4 is 98.1 Å². The molecule has 0 aliphatic carbocycles. The van der Waals surface area contributed by atoms with Crippen LogP contribution >= 0.6 is 0 Å². The highest BCUT2D eigenvalue weighted by atomic mass is 16.7. The predicted octanol–water partition coefficient (Wildman–Crippen LogP) is 19.3. The van der Waals surface area contributed by atoms with Gasteiger partial charge in [-0.3, -0.25) is 0 Å². The van der Waals surface area contributed by atoms with Crippen molar-refractivity contribution in [3.05, 3.63) is 290 Å². The Kier molecular flexibility index (Phi) is 15.6. The second-order valence-electron chi connectivity index (χ2n) is 22.3. The van der Waals surface area contributed by atoms with E-state index in [-0.39, 0.29) is 72.8 Å². The number of esters is 2. The van der Waals surface area contributed by atoms with Crippen LogP contribution in [0.15, 0.2) is 273 Å². The summed E-state index contributed by atoms with van der Waals surface area (Å²) in [5.41, 5.74) is 0.741. The van der Waals surface area contributed by atoms with Crippen LogP contribution in [-0.4, -0.2) is 39.1 Å². The fraction of sp³-hybridized carbons (Fsp3) is 0.0617. The van der Waals surface area contributed by atoms with E-state index in [0.717, 1.165) is 86.2 Å². The first kappa shape index (κ1) is 57.2. The Morgan fingerprint density at radius 2 is 0.495 bits per heavy atom. The van der Waals surface area contributed by atoms with Crippen molar-refractivity contribution in [3.8, 4) is 57.5 Å². The van der Waals surface area contributed by atoms with Gasteiger partial charge in [0.25, 0.3) is 0 Å². The van der Waals surface area contributed by atoms with Gasteiger partial charge in [-0.25, -0.2) is 9.59 Å². The highest BCUT2D eigenvalue weighted by molar-refractivity contribution is 6.08. The lowest BCUT2D eigenvalue weighted by molar-refractivity contribution is 0.0715. The van der Waals surface area contributed by atoms with Gasteiger partial charge >= 0.3 is 11.9 Å². The first-order valence-electron chi connectivity index (χ1n) is 30.3. The van der Waals surface area contributed by atoms with Crippen LogP contribution in [0.1, 0.15) is 26.3 Å². The SMILES string of the molecule is Cc1cc(OC(=O)c2cc(OCOc3c4ccccc4cc4ccccc34)cc(OCOc3c4ccccc4cc4ccccc34)c2)ccc1OC(=O)c1cc(OCOc2c3ccccc3cc3ccccc23)cc(OCOc2c3ccccc3cc3ccccc23)c1. The summed E-state index contributed by atoms with van der Waals surface area (Å²) >= 11 is 0. The van der Waals surface area contributed by atoms with Gasteiger partial charge in [-0.05, 0) is 122 Å². The summed E-state index contributed by atoms with van der Waals surface area (Å²) in [5.74, 6) is 2.75. The van der Waals surface area contributed by atoms with E-state index in [9.17, 15) is 9.59 Å². The highest BCUT2D eigenvalue weighted by Gasteiger charge is 2.20. The lowest BCUT2D eigenvalue weighted by Gasteiger charge is -2.17. The number of hydrogen-bond acceptors (Lipinski definition) is 12. The third-order valence-electron chi connectivity index (χ3n) is 16.4. The number of carbonyl (C=O) groups excluding carboxylic acids is 2. The van der Waals surface area contributed by atoms with Crippen LogP contribution in [0.25, 0.3) is 86.2 Å². The first-order valence-corrected chi connectivity index (χ1v) is 30.3. The van der Waals surface area contributed by atoms with Gasteiger partial charge in [0, 0.05) is 55.2 Å². The van der Waals surface area contributed by atoms with Gasteiger partial charge in [0.1, 0.15) is 57.5 Å². The molecule has 0 saturated heterocycles. The molecular weight excluding hydrogens is 1160 g/mol. The van der Waals surface area contributed by atoms with Crippen LogP contribution in [0.5, 0.6) is 57.5 Å². The lowest BCUT2D eigenvalue weighted by Crippen LogP contribution is -2.13. The summed E-state index contributed by atoms with van der Waals surface area (Å²) in [6.45, 7) is 0.949. The van der Waals surface area contributed by atoms with Gasteiger partial charge in [0.15, 0.2) is 0 Å². The van der Waals surface area contributed by atoms with E-state index >= 15 is 0 Å². The number of ether oxygens (including phenoxy) is 10. The number of fused-ring (bicyclic) bond motifs is 8. The summed E-state index contributed by atoms with van der Waals surface area (Å²) in [7, 11) is 0. The van der Waals surface area contributed by atoms with Gasteiger partial charge in [0.05, 0.1) is 11.1 Å². The molecule has 0 fully saturated rings. The largest absolute Gasteiger partial charge is 0.457 e. The monoisotopic (exact) mass is 1220 g/mol. The van der Waals surface area contributed by atoms with E-state index in [1.807, 2.05) is 194 Å². The Labute approximate surface area is 533 Å². The molecule has 0 heterocycles. The third-order valence-corrected chi connectivity index (χ3v) is 16.4. The van der Waals surface area contributed by atoms with Crippen LogP contribution in [0.4, 0.5) is 0 Å². The van der Waals surface area contributed by atoms with Crippen LogP contribution < -0.4 is 47.4 Å². The third kappa shape index (κ3) is 12.0. The zero-order valence-corrected chi connectivity index (χ0v) is 50.2. The molecule has 0 aliphatic rings. The maximum Gasteiger partial charge on any atom is 0.343 e. The van der Waals surface area contributed by atoms with Crippen molar-refractivity contribution in [1.29, 1.82) is 0 Å². The second kappa shape index (κ2) is 25.3. The van der Waals surface area contributed by atoms with Crippen molar-refractivity contribution in [2.24, 2.45) is 0 Å². The van der Waals surface area contributed by atoms with Crippen molar-refractivity contribution in [1.82, 2.24) is 0 Å². The smallest absolute Gasteiger partial charge is 0.343 e. The summed E-state index contributed by atoms with van der Waals surface area (Å²) in [4.78, 5) is 28.7. The average molecular weight is 1220 g/mol. The molecule has 15 aromatic rings. The van der Waals surface area contributed by atoms with Crippen LogP contribution in [0.2, 0.25) is 0 Å². The topological polar surface area (TPSA) is 126 Å². The molecule has 0 amide bonds. The molecule has 12 heteroatoms. The molecule has 0 aromatic heterocycles. The second-order valence-corrected chi connectivity index (χ2v) is 22.3. The maximum atomic E-state index is 14.4. The Bertz CT molecular complexity index is 4890. The zero-order chi connectivity index (χ0) is 62.6. The standard InChI is InChI=1S/C81H56O12/c1-51-36-62(92-80(82)60-41-63(84-47-88-76-67-26-10-2-18-52(67)37-53-19-3-11-27-68(53)76)45-64(42-60)85-48-89-77-69-28-12-4-20-54(69)38-55-21-5-13-29-70(55)77)34-35-75(51)93-81(83)61-43-65(86-49-90-78-71-30-14-6-22-56(71)39-57-23-7-15-31-72(57)78)46-66(44-61)87-50-91-79-73-32-16-8-24-58(73)40-59-25-9-17-33-74(59)79/h2-46H,47-50H2,1H3. The Morgan fingerprint density at radius 3 is 0.753 bits per heavy atom. The predicted molar refractivity (Wildman–Crippen MR) is 364 cm³/mol. The van der Waals surface area contributed by atoms with E-state index in [4.69, 9.17) is 47.4 Å².